The lowest BCUT2D eigenvalue weighted by Gasteiger charge is -2.18. The molecule has 1 amide bonds. The lowest BCUT2D eigenvalue weighted by atomic mass is 10.0. The molecule has 3 heteroatoms. The average Bonchev–Trinajstić information content (AvgIpc) is 2.77. The number of carbonyl (C=O) groups excluding carboxylic acids is 1. The van der Waals surface area contributed by atoms with Gasteiger partial charge in [-0.1, -0.05) is 55.5 Å². The molecular weight excluding hydrogens is 278 g/mol. The molecule has 0 saturated heterocycles. The monoisotopic (exact) mass is 303 g/mol. The summed E-state index contributed by atoms with van der Waals surface area (Å²) in [4.78, 5) is 11.8. The van der Waals surface area contributed by atoms with Gasteiger partial charge in [0.2, 0.25) is 5.91 Å². The van der Waals surface area contributed by atoms with Gasteiger partial charge in [-0.15, -0.1) is 0 Å². The summed E-state index contributed by atoms with van der Waals surface area (Å²) in [5.41, 5.74) is 0. The van der Waals surface area contributed by atoms with Crippen molar-refractivity contribution in [3.63, 3.8) is 0 Å². The molecule has 1 atom stereocenters. The summed E-state index contributed by atoms with van der Waals surface area (Å²) in [5, 5.41) is 4.00. The van der Waals surface area contributed by atoms with Crippen molar-refractivity contribution in [2.75, 3.05) is 5.33 Å². The smallest absolute Gasteiger partial charge is 0.220 e. The van der Waals surface area contributed by atoms with Crippen molar-refractivity contribution in [3.8, 4) is 0 Å². The van der Waals surface area contributed by atoms with Crippen molar-refractivity contribution in [3.05, 3.63) is 0 Å². The lowest BCUT2D eigenvalue weighted by Crippen LogP contribution is -2.37. The van der Waals surface area contributed by atoms with E-state index in [1.807, 2.05) is 0 Å². The van der Waals surface area contributed by atoms with Crippen LogP contribution in [0.2, 0.25) is 0 Å². The van der Waals surface area contributed by atoms with Gasteiger partial charge in [0.15, 0.2) is 0 Å². The largest absolute Gasteiger partial charge is 0.353 e. The summed E-state index contributed by atoms with van der Waals surface area (Å²) in [5.74, 6) is 1.68. The van der Waals surface area contributed by atoms with Crippen molar-refractivity contribution < 1.29 is 4.79 Å². The van der Waals surface area contributed by atoms with Crippen LogP contribution < -0.4 is 5.32 Å². The summed E-state index contributed by atoms with van der Waals surface area (Å²) >= 11 is 3.48. The summed E-state index contributed by atoms with van der Waals surface area (Å²) in [6.45, 7) is 4.39. The van der Waals surface area contributed by atoms with E-state index < -0.39 is 0 Å². The average molecular weight is 304 g/mol. The molecule has 0 aromatic heterocycles. The van der Waals surface area contributed by atoms with Crippen molar-refractivity contribution in [2.45, 2.75) is 64.8 Å². The number of hydrogen-bond donors (Lipinski definition) is 1. The quantitative estimate of drug-likeness (QED) is 0.711. The number of alkyl halides is 1. The van der Waals surface area contributed by atoms with Gasteiger partial charge < -0.3 is 5.32 Å². The maximum Gasteiger partial charge on any atom is 0.220 e. The van der Waals surface area contributed by atoms with Crippen molar-refractivity contribution in [2.24, 2.45) is 11.8 Å². The molecule has 0 aromatic carbocycles. The highest BCUT2D eigenvalue weighted by Gasteiger charge is 2.17. The van der Waals surface area contributed by atoms with Crippen LogP contribution in [-0.4, -0.2) is 17.3 Å². The highest BCUT2D eigenvalue weighted by Crippen LogP contribution is 2.28. The summed E-state index contributed by atoms with van der Waals surface area (Å²) in [7, 11) is 0. The highest BCUT2D eigenvalue weighted by atomic mass is 79.9. The Morgan fingerprint density at radius 2 is 2.00 bits per heavy atom. The molecule has 0 heterocycles. The number of hydrogen-bond acceptors (Lipinski definition) is 1. The molecule has 17 heavy (non-hydrogen) atoms. The second-order valence-electron chi connectivity index (χ2n) is 5.74. The van der Waals surface area contributed by atoms with E-state index in [0.29, 0.717) is 18.4 Å². The molecule has 1 saturated carbocycles. The van der Waals surface area contributed by atoms with Crippen molar-refractivity contribution >= 4 is 21.8 Å². The van der Waals surface area contributed by atoms with E-state index in [0.717, 1.165) is 24.1 Å². The molecular formula is C14H26BrNO. The maximum absolute atomic E-state index is 11.8. The van der Waals surface area contributed by atoms with Gasteiger partial charge in [0.05, 0.1) is 0 Å². The first-order valence-corrected chi connectivity index (χ1v) is 8.09. The first kappa shape index (κ1) is 15.0. The van der Waals surface area contributed by atoms with E-state index in [1.54, 1.807) is 0 Å². The van der Waals surface area contributed by atoms with E-state index in [2.05, 4.69) is 35.1 Å². The molecule has 0 aliphatic heterocycles. The van der Waals surface area contributed by atoms with Crippen LogP contribution in [-0.2, 0) is 4.79 Å². The molecule has 0 radical (unpaired) electrons. The number of halogens is 1. The van der Waals surface area contributed by atoms with E-state index in [9.17, 15) is 4.79 Å². The third-order valence-electron chi connectivity index (χ3n) is 3.56. The number of amides is 1. The van der Waals surface area contributed by atoms with E-state index in [-0.39, 0.29) is 5.91 Å². The molecule has 1 rings (SSSR count). The van der Waals surface area contributed by atoms with Gasteiger partial charge >= 0.3 is 0 Å². The van der Waals surface area contributed by atoms with Crippen LogP contribution in [0, 0.1) is 11.8 Å². The van der Waals surface area contributed by atoms with Crippen molar-refractivity contribution in [1.82, 2.24) is 5.32 Å². The minimum absolute atomic E-state index is 0.238. The predicted octanol–water partition coefficient (Wildman–Crippen LogP) is 3.88. The fourth-order valence-electron chi connectivity index (χ4n) is 2.66. The molecule has 0 aromatic rings. The fourth-order valence-corrected chi connectivity index (χ4v) is 3.09. The Balaban J connectivity index is 2.17. The van der Waals surface area contributed by atoms with Crippen LogP contribution in [0.15, 0.2) is 0 Å². The second kappa shape index (κ2) is 8.12. The van der Waals surface area contributed by atoms with Gasteiger partial charge in [0.25, 0.3) is 0 Å². The maximum atomic E-state index is 11.8. The molecule has 1 aliphatic carbocycles. The third kappa shape index (κ3) is 6.44. The molecule has 1 unspecified atom stereocenters. The predicted molar refractivity (Wildman–Crippen MR) is 76.4 cm³/mol. The van der Waals surface area contributed by atoms with Crippen LogP contribution in [0.5, 0.6) is 0 Å². The summed E-state index contributed by atoms with van der Waals surface area (Å²) in [6, 6.07) is 0.297. The van der Waals surface area contributed by atoms with Crippen LogP contribution >= 0.6 is 15.9 Å². The highest BCUT2D eigenvalue weighted by molar-refractivity contribution is 9.09. The first-order chi connectivity index (χ1) is 8.11. The van der Waals surface area contributed by atoms with Crippen LogP contribution in [0.4, 0.5) is 0 Å². The summed E-state index contributed by atoms with van der Waals surface area (Å²) in [6.07, 6.45) is 8.25. The van der Waals surface area contributed by atoms with Crippen LogP contribution in [0.3, 0.4) is 0 Å². The molecule has 1 N–H and O–H groups in total. The molecule has 2 nitrogen and oxygen atoms in total. The van der Waals surface area contributed by atoms with Gasteiger partial charge in [-0.25, -0.2) is 0 Å². The Labute approximate surface area is 114 Å². The van der Waals surface area contributed by atoms with Gasteiger partial charge in [0.1, 0.15) is 0 Å². The molecule has 1 aliphatic rings. The fraction of sp³-hybridized carbons (Fsp3) is 0.929. The van der Waals surface area contributed by atoms with Gasteiger partial charge in [-0.05, 0) is 24.7 Å². The Morgan fingerprint density at radius 3 is 2.53 bits per heavy atom. The Hall–Kier alpha value is -0.0500. The summed E-state index contributed by atoms with van der Waals surface area (Å²) < 4.78 is 0. The van der Waals surface area contributed by atoms with Crippen molar-refractivity contribution in [1.29, 1.82) is 0 Å². The normalized spacial score (nSPS) is 18.6. The standard InChI is InChI=1S/C14H26BrNO/c1-11(2)9-13(10-15)16-14(17)8-7-12-5-3-4-6-12/h11-13H,3-10H2,1-2H3,(H,16,17). The number of carbonyl (C=O) groups is 1. The van der Waals surface area contributed by atoms with E-state index in [4.69, 9.17) is 0 Å². The zero-order chi connectivity index (χ0) is 12.7. The Morgan fingerprint density at radius 1 is 1.35 bits per heavy atom. The number of nitrogens with one attached hydrogen (secondary N) is 1. The van der Waals surface area contributed by atoms with Gasteiger partial charge in [-0.3, -0.25) is 4.79 Å². The van der Waals surface area contributed by atoms with E-state index in [1.165, 1.54) is 25.7 Å². The lowest BCUT2D eigenvalue weighted by molar-refractivity contribution is -0.122. The van der Waals surface area contributed by atoms with Crippen LogP contribution in [0.25, 0.3) is 0 Å². The Kier molecular flexibility index (Phi) is 7.17. The first-order valence-electron chi connectivity index (χ1n) is 6.97. The molecule has 0 bridgehead atoms. The van der Waals surface area contributed by atoms with Gasteiger partial charge in [-0.2, -0.15) is 0 Å². The van der Waals surface area contributed by atoms with Crippen LogP contribution in [0.1, 0.15) is 58.8 Å². The van der Waals surface area contributed by atoms with Gasteiger partial charge in [0, 0.05) is 17.8 Å². The minimum atomic E-state index is 0.238. The SMILES string of the molecule is CC(C)CC(CBr)NC(=O)CCC1CCCC1. The Bertz CT molecular complexity index is 224. The third-order valence-corrected chi connectivity index (χ3v) is 4.34. The topological polar surface area (TPSA) is 29.1 Å². The molecule has 100 valence electrons. The van der Waals surface area contributed by atoms with E-state index >= 15 is 0 Å². The minimum Gasteiger partial charge on any atom is -0.353 e. The molecule has 1 fully saturated rings. The zero-order valence-corrected chi connectivity index (χ0v) is 12.8. The molecule has 0 spiro atoms. The zero-order valence-electron chi connectivity index (χ0n) is 11.2. The second-order valence-corrected chi connectivity index (χ2v) is 6.38. The number of rotatable bonds is 7.